The van der Waals surface area contributed by atoms with E-state index < -0.39 is 0 Å². The van der Waals surface area contributed by atoms with Crippen molar-refractivity contribution in [3.8, 4) is 0 Å². The molecule has 0 aliphatic carbocycles. The number of anilines is 1. The Morgan fingerprint density at radius 2 is 2.09 bits per heavy atom. The maximum atomic E-state index is 11.4. The van der Waals surface area contributed by atoms with Gasteiger partial charge in [0, 0.05) is 43.0 Å². The number of rotatable bonds is 2. The Labute approximate surface area is 134 Å². The van der Waals surface area contributed by atoms with E-state index in [0.717, 1.165) is 26.1 Å². The molecule has 1 aromatic heterocycles. The topological polar surface area (TPSA) is 65.7 Å². The molecule has 2 saturated heterocycles. The summed E-state index contributed by atoms with van der Waals surface area (Å²) in [6.07, 6.45) is 3.39. The largest absolute Gasteiger partial charge is 0.351 e. The van der Waals surface area contributed by atoms with Crippen molar-refractivity contribution in [1.29, 1.82) is 0 Å². The number of likely N-dealkylation sites (tertiary alicyclic amines) is 1. The molecule has 4 rings (SSSR count). The molecule has 0 spiro atoms. The number of hydrogen-bond acceptors (Lipinski definition) is 5. The summed E-state index contributed by atoms with van der Waals surface area (Å²) < 4.78 is 0. The third-order valence-corrected chi connectivity index (χ3v) is 6.35. The maximum absolute atomic E-state index is 11.4. The van der Waals surface area contributed by atoms with E-state index in [1.807, 2.05) is 0 Å². The zero-order valence-corrected chi connectivity index (χ0v) is 13.8. The lowest BCUT2D eigenvalue weighted by atomic mass is 10.2. The molecule has 1 aromatic rings. The first-order valence-electron chi connectivity index (χ1n) is 8.19. The van der Waals surface area contributed by atoms with Crippen molar-refractivity contribution in [2.45, 2.75) is 44.8 Å². The quantitative estimate of drug-likeness (QED) is 0.890. The number of thiazole rings is 1. The summed E-state index contributed by atoms with van der Waals surface area (Å²) in [5.74, 6) is 0. The van der Waals surface area contributed by atoms with Gasteiger partial charge in [-0.2, -0.15) is 0 Å². The van der Waals surface area contributed by atoms with Gasteiger partial charge in [-0.15, -0.1) is 0 Å². The predicted octanol–water partition coefficient (Wildman–Crippen LogP) is 1.25. The molecular weight excluding hydrogens is 298 g/mol. The number of amides is 2. The Hall–Kier alpha value is -1.34. The van der Waals surface area contributed by atoms with Crippen molar-refractivity contribution in [3.05, 3.63) is 10.6 Å². The van der Waals surface area contributed by atoms with Crippen LogP contribution in [0.4, 0.5) is 9.93 Å². The van der Waals surface area contributed by atoms with Gasteiger partial charge in [0.25, 0.3) is 0 Å². The van der Waals surface area contributed by atoms with E-state index >= 15 is 0 Å². The average molecular weight is 321 g/mol. The number of likely N-dealkylation sites (N-methyl/N-ethyl adjacent to an activating group) is 1. The molecule has 2 atom stereocenters. The fourth-order valence-corrected chi connectivity index (χ4v) is 5.31. The second-order valence-electron chi connectivity index (χ2n) is 6.52. The molecule has 0 saturated carbocycles. The van der Waals surface area contributed by atoms with Crippen LogP contribution in [-0.2, 0) is 13.0 Å². The number of nitrogens with two attached hydrogens (primary N) is 1. The lowest BCUT2D eigenvalue weighted by molar-refractivity contribution is 0.202. The van der Waals surface area contributed by atoms with Crippen molar-refractivity contribution < 1.29 is 4.79 Å². The minimum absolute atomic E-state index is 0.322. The molecule has 2 unspecified atom stereocenters. The van der Waals surface area contributed by atoms with Gasteiger partial charge in [-0.1, -0.05) is 18.3 Å². The smallest absolute Gasteiger partial charge is 0.315 e. The van der Waals surface area contributed by atoms with Gasteiger partial charge in [0.1, 0.15) is 0 Å². The van der Waals surface area contributed by atoms with Crippen LogP contribution in [0, 0.1) is 0 Å². The van der Waals surface area contributed by atoms with Gasteiger partial charge in [-0.25, -0.2) is 9.78 Å². The van der Waals surface area contributed by atoms with E-state index in [0.29, 0.717) is 25.2 Å². The fraction of sp³-hybridized carbons (Fsp3) is 0.733. The Kier molecular flexibility index (Phi) is 3.49. The van der Waals surface area contributed by atoms with Crippen LogP contribution < -0.4 is 10.6 Å². The number of aromatic nitrogens is 1. The van der Waals surface area contributed by atoms with Crippen LogP contribution in [0.15, 0.2) is 0 Å². The van der Waals surface area contributed by atoms with Crippen LogP contribution >= 0.6 is 11.3 Å². The zero-order chi connectivity index (χ0) is 15.3. The van der Waals surface area contributed by atoms with Gasteiger partial charge in [-0.05, 0) is 19.4 Å². The molecule has 120 valence electrons. The van der Waals surface area contributed by atoms with Gasteiger partial charge in [0.05, 0.1) is 12.2 Å². The molecule has 0 radical (unpaired) electrons. The number of carbonyl (C=O) groups is 1. The molecule has 7 heteroatoms. The lowest BCUT2D eigenvalue weighted by Gasteiger charge is -2.40. The first-order valence-corrected chi connectivity index (χ1v) is 9.01. The van der Waals surface area contributed by atoms with Crippen LogP contribution in [0.3, 0.4) is 0 Å². The SMILES string of the molecule is CCN1CC2CCC(C1)N2c1nc2c(s1)CN(C(N)=O)CC2. The number of hydrogen-bond donors (Lipinski definition) is 1. The minimum Gasteiger partial charge on any atom is -0.351 e. The zero-order valence-electron chi connectivity index (χ0n) is 13.0. The number of urea groups is 1. The minimum atomic E-state index is -0.322. The highest BCUT2D eigenvalue weighted by Gasteiger charge is 2.41. The molecular formula is C15H23N5OS. The van der Waals surface area contributed by atoms with E-state index in [1.165, 1.54) is 28.5 Å². The first kappa shape index (κ1) is 14.3. The fourth-order valence-electron chi connectivity index (χ4n) is 4.04. The third kappa shape index (κ3) is 2.27. The molecule has 6 nitrogen and oxygen atoms in total. The van der Waals surface area contributed by atoms with Crippen molar-refractivity contribution >= 4 is 22.5 Å². The van der Waals surface area contributed by atoms with Gasteiger partial charge >= 0.3 is 6.03 Å². The molecule has 2 amide bonds. The second-order valence-corrected chi connectivity index (χ2v) is 7.58. The van der Waals surface area contributed by atoms with Crippen LogP contribution in [-0.4, -0.2) is 59.1 Å². The van der Waals surface area contributed by atoms with E-state index in [4.69, 9.17) is 10.7 Å². The first-order chi connectivity index (χ1) is 10.7. The van der Waals surface area contributed by atoms with Crippen molar-refractivity contribution in [1.82, 2.24) is 14.8 Å². The van der Waals surface area contributed by atoms with Gasteiger partial charge in [0.15, 0.2) is 5.13 Å². The molecule has 22 heavy (non-hydrogen) atoms. The molecule has 4 heterocycles. The van der Waals surface area contributed by atoms with Crippen LogP contribution in [0.25, 0.3) is 0 Å². The standard InChI is InChI=1S/C15H23N5OS/c1-2-18-7-10-3-4-11(8-18)20(10)15-17-12-5-6-19(14(16)21)9-13(12)22-15/h10-11H,2-9H2,1H3,(H2,16,21). The van der Waals surface area contributed by atoms with E-state index in [9.17, 15) is 4.79 Å². The summed E-state index contributed by atoms with van der Waals surface area (Å²) >= 11 is 1.77. The van der Waals surface area contributed by atoms with Crippen LogP contribution in [0.5, 0.6) is 0 Å². The molecule has 0 aromatic carbocycles. The molecule has 2 N–H and O–H groups in total. The summed E-state index contributed by atoms with van der Waals surface area (Å²) in [6.45, 7) is 7.03. The monoisotopic (exact) mass is 321 g/mol. The number of nitrogens with zero attached hydrogens (tertiary/aromatic N) is 4. The van der Waals surface area contributed by atoms with Gasteiger partial charge < -0.3 is 15.5 Å². The molecule has 3 aliphatic heterocycles. The highest BCUT2D eigenvalue weighted by molar-refractivity contribution is 7.15. The van der Waals surface area contributed by atoms with Crippen molar-refractivity contribution in [2.75, 3.05) is 31.1 Å². The highest BCUT2D eigenvalue weighted by atomic mass is 32.1. The maximum Gasteiger partial charge on any atom is 0.315 e. The molecule has 2 bridgehead atoms. The van der Waals surface area contributed by atoms with Gasteiger partial charge in [-0.3, -0.25) is 4.90 Å². The van der Waals surface area contributed by atoms with E-state index in [1.54, 1.807) is 16.2 Å². The van der Waals surface area contributed by atoms with Crippen LogP contribution in [0.2, 0.25) is 0 Å². The number of carbonyl (C=O) groups excluding carboxylic acids is 1. The van der Waals surface area contributed by atoms with E-state index in [-0.39, 0.29) is 6.03 Å². The summed E-state index contributed by atoms with van der Waals surface area (Å²) in [5, 5.41) is 1.17. The molecule has 2 fully saturated rings. The molecule has 3 aliphatic rings. The Bertz CT molecular complexity index is 574. The third-order valence-electron chi connectivity index (χ3n) is 5.26. The van der Waals surface area contributed by atoms with Gasteiger partial charge in [0.2, 0.25) is 0 Å². The Morgan fingerprint density at radius 3 is 2.73 bits per heavy atom. The van der Waals surface area contributed by atoms with Crippen molar-refractivity contribution in [3.63, 3.8) is 0 Å². The summed E-state index contributed by atoms with van der Waals surface area (Å²) in [6, 6.07) is 0.898. The number of primary amides is 1. The second kappa shape index (κ2) is 5.38. The number of fused-ring (bicyclic) bond motifs is 3. The highest BCUT2D eigenvalue weighted by Crippen LogP contribution is 2.39. The summed E-state index contributed by atoms with van der Waals surface area (Å²) in [4.78, 5) is 24.3. The van der Waals surface area contributed by atoms with E-state index in [2.05, 4.69) is 16.7 Å². The van der Waals surface area contributed by atoms with Crippen LogP contribution in [0.1, 0.15) is 30.3 Å². The normalized spacial score (nSPS) is 28.0. The Morgan fingerprint density at radius 1 is 1.36 bits per heavy atom. The Balaban J connectivity index is 1.57. The lowest BCUT2D eigenvalue weighted by Crippen LogP contribution is -2.53. The predicted molar refractivity (Wildman–Crippen MR) is 87.2 cm³/mol. The number of piperazine rings is 1. The summed E-state index contributed by atoms with van der Waals surface area (Å²) in [5.41, 5.74) is 6.59. The van der Waals surface area contributed by atoms with Crippen molar-refractivity contribution in [2.24, 2.45) is 5.73 Å². The summed E-state index contributed by atoms with van der Waals surface area (Å²) in [7, 11) is 0. The average Bonchev–Trinajstić information content (AvgIpc) is 3.04.